The molecular formula is C29H56. The van der Waals surface area contributed by atoms with Gasteiger partial charge in [0, 0.05) is 0 Å². The third-order valence-electron chi connectivity index (χ3n) is 10.1. The molecule has 0 amide bonds. The Morgan fingerprint density at radius 1 is 0.690 bits per heavy atom. The van der Waals surface area contributed by atoms with Crippen molar-refractivity contribution in [1.82, 2.24) is 0 Å². The van der Waals surface area contributed by atoms with Crippen LogP contribution in [-0.4, -0.2) is 0 Å². The van der Waals surface area contributed by atoms with E-state index in [1.54, 1.807) is 0 Å². The third-order valence-corrected chi connectivity index (χ3v) is 10.1. The van der Waals surface area contributed by atoms with Crippen LogP contribution in [0.3, 0.4) is 0 Å². The highest BCUT2D eigenvalue weighted by molar-refractivity contribution is 4.93. The number of hydrogen-bond acceptors (Lipinski definition) is 0. The van der Waals surface area contributed by atoms with Crippen LogP contribution in [0.1, 0.15) is 138 Å². The highest BCUT2D eigenvalue weighted by Gasteiger charge is 2.43. The molecule has 0 bridgehead atoms. The number of hydrogen-bond donors (Lipinski definition) is 0. The van der Waals surface area contributed by atoms with Crippen molar-refractivity contribution in [1.29, 1.82) is 0 Å². The summed E-state index contributed by atoms with van der Waals surface area (Å²) >= 11 is 0. The van der Waals surface area contributed by atoms with E-state index in [0.717, 1.165) is 41.4 Å². The van der Waals surface area contributed by atoms with Crippen molar-refractivity contribution in [2.75, 3.05) is 0 Å². The largest absolute Gasteiger partial charge is 0.0625 e. The minimum absolute atomic E-state index is 0.651. The fourth-order valence-electron chi connectivity index (χ4n) is 6.92. The van der Waals surface area contributed by atoms with E-state index >= 15 is 0 Å². The Bertz CT molecular complexity index is 411. The summed E-state index contributed by atoms with van der Waals surface area (Å²) in [4.78, 5) is 0. The molecule has 0 N–H and O–H groups in total. The van der Waals surface area contributed by atoms with Gasteiger partial charge in [-0.05, 0) is 85.4 Å². The maximum Gasteiger partial charge on any atom is -0.0269 e. The van der Waals surface area contributed by atoms with Gasteiger partial charge in [-0.2, -0.15) is 0 Å². The van der Waals surface area contributed by atoms with Gasteiger partial charge in [-0.3, -0.25) is 0 Å². The Kier molecular flexibility index (Phi) is 10.6. The van der Waals surface area contributed by atoms with Gasteiger partial charge >= 0.3 is 0 Å². The van der Waals surface area contributed by atoms with Crippen LogP contribution in [0.2, 0.25) is 0 Å². The highest BCUT2D eigenvalue weighted by Crippen LogP contribution is 2.53. The van der Waals surface area contributed by atoms with Crippen molar-refractivity contribution >= 4 is 0 Å². The maximum atomic E-state index is 2.57. The van der Waals surface area contributed by atoms with E-state index in [-0.39, 0.29) is 0 Å². The zero-order chi connectivity index (χ0) is 21.4. The van der Waals surface area contributed by atoms with Crippen molar-refractivity contribution in [3.8, 4) is 0 Å². The lowest BCUT2D eigenvalue weighted by Crippen LogP contribution is -2.39. The first-order valence-electron chi connectivity index (χ1n) is 13.8. The van der Waals surface area contributed by atoms with Crippen LogP contribution in [0.5, 0.6) is 0 Å². The second-order valence-electron chi connectivity index (χ2n) is 12.3. The molecule has 2 aliphatic rings. The molecule has 2 rings (SSSR count). The SMILES string of the molecule is CC(C)C(C)C(C)CCC1(C2CC(C)C(C)C(C)C2)CCCCCCCCCC1. The monoisotopic (exact) mass is 404 g/mol. The molecule has 4 atom stereocenters. The summed E-state index contributed by atoms with van der Waals surface area (Å²) in [6, 6.07) is 0. The summed E-state index contributed by atoms with van der Waals surface area (Å²) in [6.45, 7) is 17.6. The highest BCUT2D eigenvalue weighted by atomic mass is 14.5. The summed E-state index contributed by atoms with van der Waals surface area (Å²) in [5.41, 5.74) is 0.651. The zero-order valence-corrected chi connectivity index (χ0v) is 21.4. The minimum atomic E-state index is 0.651. The van der Waals surface area contributed by atoms with Crippen LogP contribution in [0.15, 0.2) is 0 Å². The number of rotatable bonds is 6. The van der Waals surface area contributed by atoms with Gasteiger partial charge in [0.1, 0.15) is 0 Å². The molecule has 0 nitrogen and oxygen atoms in total. The topological polar surface area (TPSA) is 0 Å². The fourth-order valence-corrected chi connectivity index (χ4v) is 6.92. The molecule has 0 aliphatic heterocycles. The maximum absolute atomic E-state index is 2.57. The lowest BCUT2D eigenvalue weighted by atomic mass is 9.56. The van der Waals surface area contributed by atoms with E-state index in [4.69, 9.17) is 0 Å². The van der Waals surface area contributed by atoms with Crippen molar-refractivity contribution < 1.29 is 0 Å². The molecule has 29 heavy (non-hydrogen) atoms. The molecule has 172 valence electrons. The van der Waals surface area contributed by atoms with Gasteiger partial charge in [0.25, 0.3) is 0 Å². The molecule has 0 heterocycles. The van der Waals surface area contributed by atoms with E-state index < -0.39 is 0 Å². The third kappa shape index (κ3) is 7.28. The van der Waals surface area contributed by atoms with Crippen molar-refractivity contribution in [2.45, 2.75) is 138 Å². The van der Waals surface area contributed by atoms with E-state index in [1.165, 1.54) is 89.9 Å². The van der Waals surface area contributed by atoms with Crippen molar-refractivity contribution in [3.05, 3.63) is 0 Å². The Morgan fingerprint density at radius 2 is 1.14 bits per heavy atom. The van der Waals surface area contributed by atoms with Crippen LogP contribution >= 0.6 is 0 Å². The first kappa shape index (κ1) is 25.3. The van der Waals surface area contributed by atoms with E-state index in [9.17, 15) is 0 Å². The first-order chi connectivity index (χ1) is 13.8. The quantitative estimate of drug-likeness (QED) is 0.413. The molecular weight excluding hydrogens is 348 g/mol. The Balaban J connectivity index is 2.19. The van der Waals surface area contributed by atoms with E-state index in [2.05, 4.69) is 48.5 Å². The molecule has 0 spiro atoms. The minimum Gasteiger partial charge on any atom is -0.0625 e. The molecule has 0 aromatic heterocycles. The van der Waals surface area contributed by atoms with Gasteiger partial charge in [0.15, 0.2) is 0 Å². The molecule has 4 unspecified atom stereocenters. The molecule has 0 saturated heterocycles. The molecule has 0 aromatic rings. The van der Waals surface area contributed by atoms with Crippen molar-refractivity contribution in [3.63, 3.8) is 0 Å². The van der Waals surface area contributed by atoms with E-state index in [0.29, 0.717) is 5.41 Å². The second-order valence-corrected chi connectivity index (χ2v) is 12.3. The Hall–Kier alpha value is 0. The normalized spacial score (nSPS) is 34.3. The summed E-state index contributed by atoms with van der Waals surface area (Å²) in [5, 5.41) is 0. The fraction of sp³-hybridized carbons (Fsp3) is 1.00. The van der Waals surface area contributed by atoms with Gasteiger partial charge in [-0.25, -0.2) is 0 Å². The summed E-state index contributed by atoms with van der Waals surface area (Å²) in [7, 11) is 0. The van der Waals surface area contributed by atoms with Gasteiger partial charge in [0.05, 0.1) is 0 Å². The lowest BCUT2D eigenvalue weighted by molar-refractivity contribution is 0.0110. The summed E-state index contributed by atoms with van der Waals surface area (Å²) < 4.78 is 0. The molecule has 2 aliphatic carbocycles. The second kappa shape index (κ2) is 12.1. The Morgan fingerprint density at radius 3 is 1.59 bits per heavy atom. The van der Waals surface area contributed by atoms with Gasteiger partial charge in [-0.15, -0.1) is 0 Å². The lowest BCUT2D eigenvalue weighted by Gasteiger charge is -2.49. The predicted octanol–water partition coefficient (Wildman–Crippen LogP) is 9.91. The van der Waals surface area contributed by atoms with Crippen LogP contribution in [0.25, 0.3) is 0 Å². The predicted molar refractivity (Wildman–Crippen MR) is 131 cm³/mol. The molecule has 2 fully saturated rings. The van der Waals surface area contributed by atoms with Gasteiger partial charge in [0.2, 0.25) is 0 Å². The average Bonchev–Trinajstić information content (AvgIpc) is 2.74. The van der Waals surface area contributed by atoms with Crippen LogP contribution < -0.4 is 0 Å². The summed E-state index contributed by atoms with van der Waals surface area (Å²) in [5.74, 6) is 6.32. The van der Waals surface area contributed by atoms with Gasteiger partial charge < -0.3 is 0 Å². The first-order valence-corrected chi connectivity index (χ1v) is 13.8. The van der Waals surface area contributed by atoms with Gasteiger partial charge in [-0.1, -0.05) is 99.8 Å². The van der Waals surface area contributed by atoms with Crippen LogP contribution in [-0.2, 0) is 0 Å². The zero-order valence-electron chi connectivity index (χ0n) is 21.4. The average molecular weight is 405 g/mol. The Labute approximate surface area is 185 Å². The molecule has 0 aromatic carbocycles. The van der Waals surface area contributed by atoms with E-state index in [1.807, 2.05) is 0 Å². The molecule has 0 heteroatoms. The van der Waals surface area contributed by atoms with Crippen molar-refractivity contribution in [2.24, 2.45) is 46.8 Å². The smallest absolute Gasteiger partial charge is 0.0269 e. The standard InChI is InChI=1S/C29H56/c1-22(2)26(6)23(3)16-19-29(28-20-24(4)27(7)25(5)21-28)17-14-12-10-8-9-11-13-15-18-29/h22-28H,8-21H2,1-7H3. The van der Waals surface area contributed by atoms with Crippen LogP contribution in [0.4, 0.5) is 0 Å². The van der Waals surface area contributed by atoms with Crippen LogP contribution in [0, 0.1) is 46.8 Å². The molecule has 2 saturated carbocycles. The summed E-state index contributed by atoms with van der Waals surface area (Å²) in [6.07, 6.45) is 21.0. The molecule has 0 radical (unpaired) electrons.